The number of carbonyl (C=O) groups excluding carboxylic acids is 1. The van der Waals surface area contributed by atoms with Crippen LogP contribution in [0.2, 0.25) is 5.02 Å². The highest BCUT2D eigenvalue weighted by Gasteiger charge is 2.08. The first-order valence-corrected chi connectivity index (χ1v) is 6.83. The molecule has 0 radical (unpaired) electrons. The second-order valence-electron chi connectivity index (χ2n) is 4.99. The maximum absolute atomic E-state index is 10.8. The summed E-state index contributed by atoms with van der Waals surface area (Å²) in [5.74, 6) is 0.812. The lowest BCUT2D eigenvalue weighted by Crippen LogP contribution is -2.00. The lowest BCUT2D eigenvalue weighted by molar-refractivity contribution is 0.112. The Balaban J connectivity index is 2.21. The minimum absolute atomic E-state index is 0.418. The van der Waals surface area contributed by atoms with Crippen LogP contribution in [0.15, 0.2) is 30.3 Å². The Hall–Kier alpha value is -1.80. The molecule has 0 amide bonds. The Bertz CT molecular complexity index is 624. The van der Waals surface area contributed by atoms with E-state index in [1.54, 1.807) is 0 Å². The van der Waals surface area contributed by atoms with Crippen LogP contribution in [0.3, 0.4) is 0 Å². The van der Waals surface area contributed by atoms with Crippen LogP contribution in [0.1, 0.15) is 32.6 Å². The molecule has 2 nitrogen and oxygen atoms in total. The molecule has 0 heterocycles. The predicted octanol–water partition coefficient (Wildman–Crippen LogP) is 4.66. The molecule has 0 aliphatic carbocycles. The van der Waals surface area contributed by atoms with Crippen molar-refractivity contribution in [3.8, 4) is 5.75 Å². The van der Waals surface area contributed by atoms with Gasteiger partial charge in [0.25, 0.3) is 0 Å². The Kier molecular flexibility index (Phi) is 4.46. The van der Waals surface area contributed by atoms with Crippen LogP contribution in [0.4, 0.5) is 0 Å². The van der Waals surface area contributed by atoms with E-state index in [9.17, 15) is 4.79 Å². The summed E-state index contributed by atoms with van der Waals surface area (Å²) in [6, 6.07) is 9.56. The fourth-order valence-corrected chi connectivity index (χ4v) is 2.49. The molecule has 3 heteroatoms. The highest BCUT2D eigenvalue weighted by molar-refractivity contribution is 6.31. The normalized spacial score (nSPS) is 10.4. The minimum atomic E-state index is 0.418. The summed E-state index contributed by atoms with van der Waals surface area (Å²) in [4.78, 5) is 10.8. The molecule has 0 saturated heterocycles. The molecule has 0 aliphatic rings. The molecule has 2 aromatic rings. The molecule has 0 aliphatic heterocycles. The first-order chi connectivity index (χ1) is 9.51. The van der Waals surface area contributed by atoms with Gasteiger partial charge in [-0.3, -0.25) is 4.79 Å². The van der Waals surface area contributed by atoms with Gasteiger partial charge in [0.15, 0.2) is 0 Å². The fraction of sp³-hybridized carbons (Fsp3) is 0.235. The molecule has 0 unspecified atom stereocenters. The smallest absolute Gasteiger partial charge is 0.150 e. The van der Waals surface area contributed by atoms with E-state index >= 15 is 0 Å². The molecule has 0 spiro atoms. The monoisotopic (exact) mass is 288 g/mol. The Morgan fingerprint density at radius 1 is 1.10 bits per heavy atom. The molecule has 104 valence electrons. The van der Waals surface area contributed by atoms with Gasteiger partial charge in [-0.25, -0.2) is 0 Å². The van der Waals surface area contributed by atoms with E-state index in [4.69, 9.17) is 16.3 Å². The van der Waals surface area contributed by atoms with Crippen LogP contribution in [0.25, 0.3) is 0 Å². The Morgan fingerprint density at radius 3 is 2.30 bits per heavy atom. The van der Waals surface area contributed by atoms with E-state index in [-0.39, 0.29) is 0 Å². The average molecular weight is 289 g/mol. The number of aldehydes is 1. The van der Waals surface area contributed by atoms with Crippen molar-refractivity contribution in [1.82, 2.24) is 0 Å². The van der Waals surface area contributed by atoms with Gasteiger partial charge in [-0.15, -0.1) is 0 Å². The van der Waals surface area contributed by atoms with Crippen molar-refractivity contribution in [2.45, 2.75) is 27.4 Å². The Morgan fingerprint density at radius 2 is 1.75 bits per heavy atom. The molecule has 0 fully saturated rings. The third-order valence-electron chi connectivity index (χ3n) is 3.20. The number of halogens is 1. The van der Waals surface area contributed by atoms with Crippen molar-refractivity contribution in [3.63, 3.8) is 0 Å². The van der Waals surface area contributed by atoms with E-state index < -0.39 is 0 Å². The molecule has 0 aromatic heterocycles. The van der Waals surface area contributed by atoms with Gasteiger partial charge in [-0.05, 0) is 55.7 Å². The van der Waals surface area contributed by atoms with Crippen LogP contribution < -0.4 is 4.74 Å². The molecule has 0 saturated carbocycles. The molecular formula is C17H17ClO2. The zero-order chi connectivity index (χ0) is 14.7. The molecule has 2 aromatic carbocycles. The molecule has 2 rings (SSSR count). The highest BCUT2D eigenvalue weighted by atomic mass is 35.5. The quantitative estimate of drug-likeness (QED) is 0.765. The summed E-state index contributed by atoms with van der Waals surface area (Å²) in [5.41, 5.74) is 4.66. The SMILES string of the molecule is Cc1ccc(COc2c(C)cc(C=O)cc2C)c(Cl)c1. The number of ether oxygens (including phenoxy) is 1. The summed E-state index contributed by atoms with van der Waals surface area (Å²) < 4.78 is 5.87. The highest BCUT2D eigenvalue weighted by Crippen LogP contribution is 2.26. The topological polar surface area (TPSA) is 26.3 Å². The summed E-state index contributed by atoms with van der Waals surface area (Å²) in [7, 11) is 0. The maximum Gasteiger partial charge on any atom is 0.150 e. The zero-order valence-electron chi connectivity index (χ0n) is 11.9. The van der Waals surface area contributed by atoms with E-state index in [0.717, 1.165) is 34.3 Å². The third kappa shape index (κ3) is 3.20. The molecule has 0 bridgehead atoms. The van der Waals surface area contributed by atoms with Gasteiger partial charge >= 0.3 is 0 Å². The maximum atomic E-state index is 10.8. The first kappa shape index (κ1) is 14.6. The first-order valence-electron chi connectivity index (χ1n) is 6.45. The van der Waals surface area contributed by atoms with Crippen LogP contribution >= 0.6 is 11.6 Å². The van der Waals surface area contributed by atoms with Crippen molar-refractivity contribution in [1.29, 1.82) is 0 Å². The summed E-state index contributed by atoms with van der Waals surface area (Å²) in [6.45, 7) is 6.29. The Labute approximate surface area is 124 Å². The van der Waals surface area contributed by atoms with Crippen LogP contribution in [-0.2, 0) is 6.61 Å². The third-order valence-corrected chi connectivity index (χ3v) is 3.55. The van der Waals surface area contributed by atoms with Crippen molar-refractivity contribution < 1.29 is 9.53 Å². The zero-order valence-corrected chi connectivity index (χ0v) is 12.6. The van der Waals surface area contributed by atoms with Crippen molar-refractivity contribution in [2.75, 3.05) is 0 Å². The van der Waals surface area contributed by atoms with Gasteiger partial charge < -0.3 is 4.74 Å². The molecular weight excluding hydrogens is 272 g/mol. The number of hydrogen-bond donors (Lipinski definition) is 0. The fourth-order valence-electron chi connectivity index (χ4n) is 2.20. The summed E-state index contributed by atoms with van der Waals surface area (Å²) >= 11 is 6.20. The lowest BCUT2D eigenvalue weighted by atomic mass is 10.1. The number of hydrogen-bond acceptors (Lipinski definition) is 2. The van der Waals surface area contributed by atoms with Gasteiger partial charge in [0, 0.05) is 16.1 Å². The number of benzene rings is 2. The van der Waals surface area contributed by atoms with Crippen LogP contribution in [-0.4, -0.2) is 6.29 Å². The standard InChI is InChI=1S/C17H17ClO2/c1-11-4-5-15(16(18)6-11)10-20-17-12(2)7-14(9-19)8-13(17)3/h4-9H,10H2,1-3H3. The second kappa shape index (κ2) is 6.10. The van der Waals surface area contributed by atoms with Gasteiger partial charge in [0.1, 0.15) is 18.6 Å². The number of aryl methyl sites for hydroxylation is 3. The molecule has 20 heavy (non-hydrogen) atoms. The summed E-state index contributed by atoms with van der Waals surface area (Å²) in [6.07, 6.45) is 0.848. The summed E-state index contributed by atoms with van der Waals surface area (Å²) in [5, 5.41) is 0.713. The average Bonchev–Trinajstić information content (AvgIpc) is 2.39. The van der Waals surface area contributed by atoms with E-state index in [1.165, 1.54) is 0 Å². The van der Waals surface area contributed by atoms with Crippen LogP contribution in [0, 0.1) is 20.8 Å². The number of rotatable bonds is 4. The molecule has 0 N–H and O–H groups in total. The van der Waals surface area contributed by atoms with Gasteiger partial charge in [0.2, 0.25) is 0 Å². The number of carbonyl (C=O) groups is 1. The van der Waals surface area contributed by atoms with Crippen molar-refractivity contribution >= 4 is 17.9 Å². The largest absolute Gasteiger partial charge is 0.488 e. The van der Waals surface area contributed by atoms with Crippen molar-refractivity contribution in [3.05, 3.63) is 63.2 Å². The second-order valence-corrected chi connectivity index (χ2v) is 5.39. The lowest BCUT2D eigenvalue weighted by Gasteiger charge is -2.13. The predicted molar refractivity (Wildman–Crippen MR) is 81.8 cm³/mol. The molecule has 0 atom stereocenters. The van der Waals surface area contributed by atoms with Gasteiger partial charge in [0.05, 0.1) is 0 Å². The van der Waals surface area contributed by atoms with E-state index in [1.807, 2.05) is 51.1 Å². The minimum Gasteiger partial charge on any atom is -0.488 e. The van der Waals surface area contributed by atoms with E-state index in [2.05, 4.69) is 0 Å². The van der Waals surface area contributed by atoms with Gasteiger partial charge in [-0.1, -0.05) is 23.7 Å². The van der Waals surface area contributed by atoms with Crippen LogP contribution in [0.5, 0.6) is 5.75 Å². The van der Waals surface area contributed by atoms with E-state index in [0.29, 0.717) is 17.2 Å². The van der Waals surface area contributed by atoms with Gasteiger partial charge in [-0.2, -0.15) is 0 Å². The van der Waals surface area contributed by atoms with Crippen molar-refractivity contribution in [2.24, 2.45) is 0 Å².